The zero-order valence-electron chi connectivity index (χ0n) is 9.82. The van der Waals surface area contributed by atoms with Crippen LogP contribution < -0.4 is 5.32 Å². The van der Waals surface area contributed by atoms with Crippen LogP contribution in [0.3, 0.4) is 0 Å². The van der Waals surface area contributed by atoms with E-state index in [0.717, 1.165) is 11.4 Å². The third-order valence-electron chi connectivity index (χ3n) is 2.31. The number of aliphatic carboxylic acids is 1. The van der Waals surface area contributed by atoms with Gasteiger partial charge < -0.3 is 10.4 Å². The van der Waals surface area contributed by atoms with Crippen molar-refractivity contribution in [3.05, 3.63) is 23.5 Å². The Morgan fingerprint density at radius 1 is 1.69 bits per heavy atom. The van der Waals surface area contributed by atoms with Gasteiger partial charge in [-0.3, -0.25) is 4.68 Å². The average Bonchev–Trinajstić information content (AvgIpc) is 2.52. The lowest BCUT2D eigenvalue weighted by Gasteiger charge is -2.02. The Kier molecular flexibility index (Phi) is 4.10. The van der Waals surface area contributed by atoms with Gasteiger partial charge in [-0.1, -0.05) is 13.0 Å². The van der Waals surface area contributed by atoms with Crippen molar-refractivity contribution in [2.24, 2.45) is 7.05 Å². The van der Waals surface area contributed by atoms with E-state index in [1.807, 2.05) is 27.1 Å². The van der Waals surface area contributed by atoms with E-state index in [0.29, 0.717) is 18.5 Å². The molecule has 0 aliphatic carbocycles. The fourth-order valence-electron chi connectivity index (χ4n) is 1.44. The first kappa shape index (κ1) is 12.3. The number of aryl methyl sites for hydroxylation is 2. The normalized spacial score (nSPS) is 11.6. The van der Waals surface area contributed by atoms with E-state index in [1.165, 1.54) is 0 Å². The lowest BCUT2D eigenvalue weighted by Crippen LogP contribution is -2.04. The van der Waals surface area contributed by atoms with Gasteiger partial charge in [0.2, 0.25) is 0 Å². The zero-order valence-corrected chi connectivity index (χ0v) is 9.82. The van der Waals surface area contributed by atoms with Crippen LogP contribution >= 0.6 is 0 Å². The van der Waals surface area contributed by atoms with Gasteiger partial charge in [0.05, 0.1) is 11.4 Å². The molecule has 0 fully saturated rings. The predicted molar refractivity (Wildman–Crippen MR) is 62.4 cm³/mol. The molecule has 0 aliphatic rings. The van der Waals surface area contributed by atoms with E-state index in [9.17, 15) is 4.79 Å². The van der Waals surface area contributed by atoms with E-state index < -0.39 is 5.97 Å². The van der Waals surface area contributed by atoms with E-state index in [4.69, 9.17) is 5.11 Å². The van der Waals surface area contributed by atoms with Crippen LogP contribution in [-0.2, 0) is 11.8 Å². The van der Waals surface area contributed by atoms with Gasteiger partial charge in [0.15, 0.2) is 0 Å². The van der Waals surface area contributed by atoms with Crippen LogP contribution in [0, 0.1) is 6.92 Å². The van der Waals surface area contributed by atoms with Gasteiger partial charge >= 0.3 is 5.97 Å². The molecule has 0 aromatic carbocycles. The molecule has 0 radical (unpaired) electrons. The molecule has 0 saturated heterocycles. The fraction of sp³-hybridized carbons (Fsp3) is 0.455. The van der Waals surface area contributed by atoms with Crippen LogP contribution in [0.1, 0.15) is 19.0 Å². The summed E-state index contributed by atoms with van der Waals surface area (Å²) < 4.78 is 1.72. The third-order valence-corrected chi connectivity index (χ3v) is 2.31. The molecule has 0 spiro atoms. The lowest BCUT2D eigenvalue weighted by atomic mass is 10.2. The van der Waals surface area contributed by atoms with E-state index in [1.54, 1.807) is 10.8 Å². The van der Waals surface area contributed by atoms with Crippen molar-refractivity contribution in [3.63, 3.8) is 0 Å². The highest BCUT2D eigenvalue weighted by Crippen LogP contribution is 2.11. The van der Waals surface area contributed by atoms with Crippen LogP contribution in [-0.4, -0.2) is 27.4 Å². The number of carbonyl (C=O) groups is 1. The summed E-state index contributed by atoms with van der Waals surface area (Å²) in [6, 6.07) is 0. The molecule has 0 bridgehead atoms. The molecule has 2 N–H and O–H groups in total. The molecule has 0 atom stereocenters. The lowest BCUT2D eigenvalue weighted by molar-refractivity contribution is -0.132. The first-order chi connectivity index (χ1) is 7.54. The Morgan fingerprint density at radius 3 is 2.81 bits per heavy atom. The average molecular weight is 223 g/mol. The smallest absolute Gasteiger partial charge is 0.331 e. The standard InChI is InChI=1S/C11H17N3O2/c1-4-9(11(15)16)5-6-12-10-7-14(3)13-8(10)2/h5,7,12H,4,6H2,1-3H3,(H,15,16). The number of carboxylic acids is 1. The highest BCUT2D eigenvalue weighted by Gasteiger charge is 2.04. The van der Waals surface area contributed by atoms with Gasteiger partial charge in [0.25, 0.3) is 0 Å². The summed E-state index contributed by atoms with van der Waals surface area (Å²) in [6.45, 7) is 4.24. The van der Waals surface area contributed by atoms with E-state index in [2.05, 4.69) is 10.4 Å². The number of hydrogen-bond acceptors (Lipinski definition) is 3. The summed E-state index contributed by atoms with van der Waals surface area (Å²) in [5.41, 5.74) is 2.26. The number of carboxylic acid groups (broad SMARTS) is 1. The van der Waals surface area contributed by atoms with Crippen molar-refractivity contribution in [1.29, 1.82) is 0 Å². The molecule has 0 amide bonds. The van der Waals surface area contributed by atoms with E-state index >= 15 is 0 Å². The molecule has 1 rings (SSSR count). The second kappa shape index (κ2) is 5.34. The molecule has 5 heteroatoms. The Morgan fingerprint density at radius 2 is 2.38 bits per heavy atom. The van der Waals surface area contributed by atoms with Crippen molar-refractivity contribution in [3.8, 4) is 0 Å². The quantitative estimate of drug-likeness (QED) is 0.743. The number of nitrogens with zero attached hydrogens (tertiary/aromatic N) is 2. The molecule has 1 aromatic heterocycles. The minimum absolute atomic E-state index is 0.425. The van der Waals surface area contributed by atoms with Crippen molar-refractivity contribution < 1.29 is 9.90 Å². The minimum atomic E-state index is -0.854. The van der Waals surface area contributed by atoms with Crippen molar-refractivity contribution in [2.75, 3.05) is 11.9 Å². The molecule has 16 heavy (non-hydrogen) atoms. The second-order valence-corrected chi connectivity index (χ2v) is 3.57. The van der Waals surface area contributed by atoms with Crippen LogP contribution in [0.2, 0.25) is 0 Å². The topological polar surface area (TPSA) is 67.2 Å². The van der Waals surface area contributed by atoms with Gasteiger partial charge in [-0.05, 0) is 13.3 Å². The third kappa shape index (κ3) is 3.12. The molecule has 0 unspecified atom stereocenters. The Labute approximate surface area is 94.8 Å². The minimum Gasteiger partial charge on any atom is -0.478 e. The van der Waals surface area contributed by atoms with Crippen molar-refractivity contribution >= 4 is 11.7 Å². The first-order valence-electron chi connectivity index (χ1n) is 5.21. The SMILES string of the molecule is CCC(=CCNc1cn(C)nc1C)C(=O)O. The van der Waals surface area contributed by atoms with Gasteiger partial charge in [0, 0.05) is 25.4 Å². The summed E-state index contributed by atoms with van der Waals surface area (Å²) in [4.78, 5) is 10.7. The van der Waals surface area contributed by atoms with Gasteiger partial charge in [-0.2, -0.15) is 5.10 Å². The van der Waals surface area contributed by atoms with Crippen LogP contribution in [0.15, 0.2) is 17.8 Å². The highest BCUT2D eigenvalue weighted by atomic mass is 16.4. The Hall–Kier alpha value is -1.78. The molecule has 1 heterocycles. The molecule has 0 aliphatic heterocycles. The summed E-state index contributed by atoms with van der Waals surface area (Å²) in [5, 5.41) is 16.1. The molecular weight excluding hydrogens is 206 g/mol. The maximum Gasteiger partial charge on any atom is 0.331 e. The Bertz CT molecular complexity index is 407. The number of hydrogen-bond donors (Lipinski definition) is 2. The molecule has 88 valence electrons. The number of nitrogens with one attached hydrogen (secondary N) is 1. The van der Waals surface area contributed by atoms with Crippen LogP contribution in [0.4, 0.5) is 5.69 Å². The molecule has 1 aromatic rings. The number of rotatable bonds is 5. The largest absolute Gasteiger partial charge is 0.478 e. The second-order valence-electron chi connectivity index (χ2n) is 3.57. The van der Waals surface area contributed by atoms with Crippen LogP contribution in [0.25, 0.3) is 0 Å². The maximum atomic E-state index is 10.7. The molecule has 5 nitrogen and oxygen atoms in total. The molecular formula is C11H17N3O2. The predicted octanol–water partition coefficient (Wildman–Crippen LogP) is 1.56. The highest BCUT2D eigenvalue weighted by molar-refractivity contribution is 5.86. The van der Waals surface area contributed by atoms with E-state index in [-0.39, 0.29) is 0 Å². The summed E-state index contributed by atoms with van der Waals surface area (Å²) in [7, 11) is 1.85. The number of anilines is 1. The maximum absolute atomic E-state index is 10.7. The van der Waals surface area contributed by atoms with Gasteiger partial charge in [0.1, 0.15) is 0 Å². The van der Waals surface area contributed by atoms with Gasteiger partial charge in [-0.25, -0.2) is 4.79 Å². The summed E-state index contributed by atoms with van der Waals surface area (Å²) in [6.07, 6.45) is 4.09. The monoisotopic (exact) mass is 223 g/mol. The fourth-order valence-corrected chi connectivity index (χ4v) is 1.44. The van der Waals surface area contributed by atoms with Crippen molar-refractivity contribution in [1.82, 2.24) is 9.78 Å². The molecule has 0 saturated carbocycles. The van der Waals surface area contributed by atoms with Crippen LogP contribution in [0.5, 0.6) is 0 Å². The van der Waals surface area contributed by atoms with Gasteiger partial charge in [-0.15, -0.1) is 0 Å². The Balaban J connectivity index is 2.58. The van der Waals surface area contributed by atoms with Crippen molar-refractivity contribution in [2.45, 2.75) is 20.3 Å². The summed E-state index contributed by atoms with van der Waals surface area (Å²) >= 11 is 0. The first-order valence-corrected chi connectivity index (χ1v) is 5.21. The number of aromatic nitrogens is 2. The summed E-state index contributed by atoms with van der Waals surface area (Å²) in [5.74, 6) is -0.854. The zero-order chi connectivity index (χ0) is 12.1.